The maximum Gasteiger partial charge on any atom is 0.226 e. The zero-order chi connectivity index (χ0) is 19.2. The number of methoxy groups -OCH3 is 3. The predicted molar refractivity (Wildman–Crippen MR) is 106 cm³/mol. The first kappa shape index (κ1) is 19.5. The van der Waals surface area contributed by atoms with Crippen molar-refractivity contribution in [3.05, 3.63) is 35.7 Å². The van der Waals surface area contributed by atoms with E-state index < -0.39 is 0 Å². The van der Waals surface area contributed by atoms with Gasteiger partial charge in [0.25, 0.3) is 0 Å². The second-order valence-electron chi connectivity index (χ2n) is 6.94. The van der Waals surface area contributed by atoms with Crippen molar-refractivity contribution in [3.8, 4) is 11.5 Å². The van der Waals surface area contributed by atoms with Crippen LogP contribution in [-0.4, -0.2) is 69.9 Å². The van der Waals surface area contributed by atoms with Gasteiger partial charge in [0, 0.05) is 45.1 Å². The molecule has 0 spiro atoms. The molecular weight excluding hydrogens is 344 g/mol. The van der Waals surface area contributed by atoms with Gasteiger partial charge >= 0.3 is 0 Å². The molecule has 148 valence electrons. The van der Waals surface area contributed by atoms with E-state index in [1.54, 1.807) is 21.3 Å². The van der Waals surface area contributed by atoms with Crippen molar-refractivity contribution in [2.24, 2.45) is 4.99 Å². The Morgan fingerprint density at radius 3 is 2.37 bits per heavy atom. The lowest BCUT2D eigenvalue weighted by Gasteiger charge is -2.39. The molecule has 1 aromatic rings. The van der Waals surface area contributed by atoms with E-state index in [-0.39, 0.29) is 6.35 Å². The normalized spacial score (nSPS) is 20.4. The minimum atomic E-state index is -0.284. The summed E-state index contributed by atoms with van der Waals surface area (Å²) in [6.07, 6.45) is 5.78. The summed E-state index contributed by atoms with van der Waals surface area (Å²) in [4.78, 5) is 9.02. The highest BCUT2D eigenvalue weighted by molar-refractivity contribution is 5.72. The Balaban J connectivity index is 1.55. The summed E-state index contributed by atoms with van der Waals surface area (Å²) in [5.41, 5.74) is 1.20. The van der Waals surface area contributed by atoms with Crippen molar-refractivity contribution in [2.75, 3.05) is 41.5 Å². The molecule has 0 aromatic heterocycles. The van der Waals surface area contributed by atoms with E-state index in [1.807, 2.05) is 18.4 Å². The lowest BCUT2D eigenvalue weighted by Crippen LogP contribution is -2.47. The van der Waals surface area contributed by atoms with Gasteiger partial charge in [-0.1, -0.05) is 0 Å². The fraction of sp³-hybridized carbons (Fsp3) is 0.550. The van der Waals surface area contributed by atoms with Gasteiger partial charge in [-0.2, -0.15) is 0 Å². The Morgan fingerprint density at radius 1 is 1.11 bits per heavy atom. The number of nitrogens with one attached hydrogen (secondary N) is 1. The molecule has 1 fully saturated rings. The molecule has 1 saturated heterocycles. The predicted octanol–water partition coefficient (Wildman–Crippen LogP) is 2.05. The molecule has 0 bridgehead atoms. The molecule has 2 aliphatic heterocycles. The number of benzene rings is 1. The molecule has 27 heavy (non-hydrogen) atoms. The molecule has 3 rings (SSSR count). The Kier molecular flexibility index (Phi) is 6.58. The zero-order valence-electron chi connectivity index (χ0n) is 16.6. The molecule has 0 saturated carbocycles. The Morgan fingerprint density at radius 2 is 1.78 bits per heavy atom. The summed E-state index contributed by atoms with van der Waals surface area (Å²) in [7, 11) is 7.22. The number of hydrogen-bond acceptors (Lipinski definition) is 7. The van der Waals surface area contributed by atoms with Gasteiger partial charge in [-0.25, -0.2) is 4.99 Å². The summed E-state index contributed by atoms with van der Waals surface area (Å²) >= 11 is 0. The van der Waals surface area contributed by atoms with E-state index in [0.717, 1.165) is 49.8 Å². The van der Waals surface area contributed by atoms with Crippen LogP contribution in [0.2, 0.25) is 0 Å². The average Bonchev–Trinajstić information content (AvgIpc) is 2.73. The highest BCUT2D eigenvalue weighted by Gasteiger charge is 2.25. The van der Waals surface area contributed by atoms with Crippen molar-refractivity contribution >= 4 is 6.21 Å². The van der Waals surface area contributed by atoms with E-state index in [4.69, 9.17) is 14.2 Å². The largest absolute Gasteiger partial charge is 0.497 e. The van der Waals surface area contributed by atoms with Crippen LogP contribution in [0, 0.1) is 0 Å². The average molecular weight is 374 g/mol. The van der Waals surface area contributed by atoms with Crippen molar-refractivity contribution in [1.82, 2.24) is 15.1 Å². The Bertz CT molecular complexity index is 662. The SMILES string of the molecule is COc1cc(CN(C)C2CCN(C3=CC=NC(OC)N3)CC2)cc(OC)c1. The number of rotatable bonds is 7. The number of hydrogen-bond donors (Lipinski definition) is 1. The van der Waals surface area contributed by atoms with Crippen molar-refractivity contribution < 1.29 is 14.2 Å². The van der Waals surface area contributed by atoms with E-state index in [9.17, 15) is 0 Å². The molecule has 7 heteroatoms. The van der Waals surface area contributed by atoms with E-state index in [1.165, 1.54) is 5.56 Å². The van der Waals surface area contributed by atoms with Gasteiger partial charge in [0.1, 0.15) is 17.3 Å². The van der Waals surface area contributed by atoms with Crippen molar-refractivity contribution in [2.45, 2.75) is 31.8 Å². The first-order chi connectivity index (χ1) is 13.1. The minimum Gasteiger partial charge on any atom is -0.497 e. The highest BCUT2D eigenvalue weighted by Crippen LogP contribution is 2.25. The number of likely N-dealkylation sites (tertiary alicyclic amines) is 1. The van der Waals surface area contributed by atoms with Crippen LogP contribution < -0.4 is 14.8 Å². The van der Waals surface area contributed by atoms with Crippen LogP contribution in [0.15, 0.2) is 35.1 Å². The molecule has 0 radical (unpaired) electrons. The third-order valence-electron chi connectivity index (χ3n) is 5.22. The zero-order valence-corrected chi connectivity index (χ0v) is 16.6. The maximum absolute atomic E-state index is 5.38. The maximum atomic E-state index is 5.38. The topological polar surface area (TPSA) is 58.6 Å². The van der Waals surface area contributed by atoms with Crippen molar-refractivity contribution in [1.29, 1.82) is 0 Å². The molecule has 2 heterocycles. The lowest BCUT2D eigenvalue weighted by molar-refractivity contribution is 0.0715. The molecular formula is C20H30N4O3. The third-order valence-corrected chi connectivity index (χ3v) is 5.22. The minimum absolute atomic E-state index is 0.284. The number of ether oxygens (including phenoxy) is 3. The van der Waals surface area contributed by atoms with Crippen molar-refractivity contribution in [3.63, 3.8) is 0 Å². The monoisotopic (exact) mass is 374 g/mol. The Hall–Kier alpha value is -2.25. The van der Waals surface area contributed by atoms with Crippen LogP contribution in [0.4, 0.5) is 0 Å². The fourth-order valence-electron chi connectivity index (χ4n) is 3.64. The lowest BCUT2D eigenvalue weighted by atomic mass is 10.0. The number of piperidine rings is 1. The smallest absolute Gasteiger partial charge is 0.226 e. The summed E-state index contributed by atoms with van der Waals surface area (Å²) in [6, 6.07) is 6.61. The summed E-state index contributed by atoms with van der Waals surface area (Å²) < 4.78 is 16.0. The van der Waals surface area contributed by atoms with Crippen LogP contribution >= 0.6 is 0 Å². The Labute approximate surface area is 161 Å². The summed E-state index contributed by atoms with van der Waals surface area (Å²) in [6.45, 7) is 2.90. The molecule has 0 aliphatic carbocycles. The number of allylic oxidation sites excluding steroid dienone is 1. The van der Waals surface area contributed by atoms with E-state index in [0.29, 0.717) is 6.04 Å². The highest BCUT2D eigenvalue weighted by atomic mass is 16.5. The van der Waals surface area contributed by atoms with Gasteiger partial charge in [0.05, 0.1) is 14.2 Å². The standard InChI is InChI=1S/C20H30N4O3/c1-23(14-15-11-17(25-2)13-18(12-15)26-3)16-6-9-24(10-7-16)19-5-8-21-20(22-19)27-4/h5,8,11-13,16,20,22H,6-7,9-10,14H2,1-4H3. The third kappa shape index (κ3) is 4.93. The van der Waals surface area contributed by atoms with Gasteiger partial charge in [-0.05, 0) is 43.7 Å². The van der Waals surface area contributed by atoms with Crippen LogP contribution in [-0.2, 0) is 11.3 Å². The van der Waals surface area contributed by atoms with Gasteiger partial charge < -0.3 is 24.4 Å². The molecule has 2 aliphatic rings. The second-order valence-corrected chi connectivity index (χ2v) is 6.94. The molecule has 1 N–H and O–H groups in total. The van der Waals surface area contributed by atoms with Gasteiger partial charge in [-0.3, -0.25) is 4.90 Å². The van der Waals surface area contributed by atoms with Gasteiger partial charge in [0.15, 0.2) is 0 Å². The van der Waals surface area contributed by atoms with Crippen LogP contribution in [0.25, 0.3) is 0 Å². The molecule has 1 atom stereocenters. The molecule has 1 aromatic carbocycles. The number of nitrogens with zero attached hydrogens (tertiary/aromatic N) is 3. The quantitative estimate of drug-likeness (QED) is 0.788. The van der Waals surface area contributed by atoms with Crippen LogP contribution in [0.5, 0.6) is 11.5 Å². The molecule has 7 nitrogen and oxygen atoms in total. The first-order valence-electron chi connectivity index (χ1n) is 9.33. The summed E-state index contributed by atoms with van der Waals surface area (Å²) in [5.74, 6) is 2.75. The molecule has 1 unspecified atom stereocenters. The van der Waals surface area contributed by atoms with Crippen LogP contribution in [0.1, 0.15) is 18.4 Å². The summed E-state index contributed by atoms with van der Waals surface area (Å²) in [5, 5.41) is 3.31. The van der Waals surface area contributed by atoms with Gasteiger partial charge in [0.2, 0.25) is 6.35 Å². The van der Waals surface area contributed by atoms with E-state index in [2.05, 4.69) is 39.3 Å². The van der Waals surface area contributed by atoms with E-state index >= 15 is 0 Å². The molecule has 0 amide bonds. The fourth-order valence-corrected chi connectivity index (χ4v) is 3.64. The second kappa shape index (κ2) is 9.10. The number of aliphatic imine (C=N–C) groups is 1. The van der Waals surface area contributed by atoms with Gasteiger partial charge in [-0.15, -0.1) is 0 Å². The van der Waals surface area contributed by atoms with Crippen LogP contribution in [0.3, 0.4) is 0 Å². The first-order valence-corrected chi connectivity index (χ1v) is 9.33.